The number of aryl methyl sites for hydroxylation is 2. The average molecular weight is 223 g/mol. The molecule has 0 bridgehead atoms. The molecule has 0 saturated heterocycles. The number of aromatic nitrogens is 1. The fourth-order valence-corrected chi connectivity index (χ4v) is 2.45. The third-order valence-corrected chi connectivity index (χ3v) is 3.48. The highest BCUT2D eigenvalue weighted by Gasteiger charge is 2.12. The molecular formula is C10H9NOS2. The molecule has 2 heterocycles. The minimum atomic E-state index is 0.0266. The van der Waals surface area contributed by atoms with Gasteiger partial charge in [-0.2, -0.15) is 0 Å². The van der Waals surface area contributed by atoms with Gasteiger partial charge in [-0.3, -0.25) is 4.79 Å². The highest BCUT2D eigenvalue weighted by atomic mass is 32.1. The molecule has 2 nitrogen and oxygen atoms in total. The van der Waals surface area contributed by atoms with Crippen molar-refractivity contribution in [2.45, 2.75) is 13.8 Å². The van der Waals surface area contributed by atoms with Gasteiger partial charge in [-0.1, -0.05) is 0 Å². The minimum Gasteiger partial charge on any atom is -0.287 e. The lowest BCUT2D eigenvalue weighted by Gasteiger charge is -1.90. The molecule has 0 aliphatic heterocycles. The van der Waals surface area contributed by atoms with Crippen LogP contribution in [-0.2, 0) is 0 Å². The topological polar surface area (TPSA) is 30.0 Å². The normalized spacial score (nSPS) is 10.4. The number of nitrogens with zero attached hydrogens (tertiary/aromatic N) is 1. The Bertz CT molecular complexity index is 428. The molecule has 2 rings (SSSR count). The standard InChI is InChI=1S/C10H9NOS2/c1-6-3-8(4-13-6)10(12)9-5-14-7(2)11-9/h3-5H,1-2H3. The van der Waals surface area contributed by atoms with Crippen molar-refractivity contribution in [2.24, 2.45) is 0 Å². The molecule has 0 spiro atoms. The summed E-state index contributed by atoms with van der Waals surface area (Å²) in [4.78, 5) is 17.1. The molecule has 2 aromatic rings. The van der Waals surface area contributed by atoms with E-state index in [9.17, 15) is 4.79 Å². The summed E-state index contributed by atoms with van der Waals surface area (Å²) < 4.78 is 0. The summed E-state index contributed by atoms with van der Waals surface area (Å²) in [5, 5.41) is 4.62. The SMILES string of the molecule is Cc1cc(C(=O)c2csc(C)n2)cs1. The summed E-state index contributed by atoms with van der Waals surface area (Å²) in [6.45, 7) is 3.90. The second kappa shape index (κ2) is 3.63. The Kier molecular flexibility index (Phi) is 2.48. The number of rotatable bonds is 2. The first kappa shape index (κ1) is 9.55. The van der Waals surface area contributed by atoms with Crippen LogP contribution in [0.2, 0.25) is 0 Å². The molecular weight excluding hydrogens is 214 g/mol. The van der Waals surface area contributed by atoms with E-state index in [2.05, 4.69) is 4.98 Å². The Morgan fingerprint density at radius 2 is 2.07 bits per heavy atom. The first-order chi connectivity index (χ1) is 6.66. The van der Waals surface area contributed by atoms with E-state index >= 15 is 0 Å². The molecule has 4 heteroatoms. The second-order valence-corrected chi connectivity index (χ2v) is 5.20. The number of carbonyl (C=O) groups is 1. The summed E-state index contributed by atoms with van der Waals surface area (Å²) in [7, 11) is 0. The van der Waals surface area contributed by atoms with Crippen LogP contribution in [0.5, 0.6) is 0 Å². The highest BCUT2D eigenvalue weighted by molar-refractivity contribution is 7.10. The van der Waals surface area contributed by atoms with E-state index in [4.69, 9.17) is 0 Å². The number of hydrogen-bond donors (Lipinski definition) is 0. The maximum atomic E-state index is 11.8. The van der Waals surface area contributed by atoms with E-state index < -0.39 is 0 Å². The van der Waals surface area contributed by atoms with Gasteiger partial charge in [0.15, 0.2) is 0 Å². The number of thiazole rings is 1. The monoisotopic (exact) mass is 223 g/mol. The van der Waals surface area contributed by atoms with E-state index in [0.717, 1.165) is 15.4 Å². The molecule has 0 N–H and O–H groups in total. The molecule has 0 atom stereocenters. The van der Waals surface area contributed by atoms with Crippen molar-refractivity contribution in [3.8, 4) is 0 Å². The van der Waals surface area contributed by atoms with Gasteiger partial charge in [0, 0.05) is 21.2 Å². The first-order valence-electron chi connectivity index (χ1n) is 4.19. The molecule has 2 aromatic heterocycles. The van der Waals surface area contributed by atoms with Crippen LogP contribution in [0.3, 0.4) is 0 Å². The molecule has 0 aliphatic rings. The van der Waals surface area contributed by atoms with Gasteiger partial charge in [0.2, 0.25) is 5.78 Å². The van der Waals surface area contributed by atoms with Gasteiger partial charge in [-0.05, 0) is 19.9 Å². The molecule has 14 heavy (non-hydrogen) atoms. The lowest BCUT2D eigenvalue weighted by Crippen LogP contribution is -1.99. The van der Waals surface area contributed by atoms with E-state index in [1.807, 2.05) is 30.7 Å². The molecule has 0 aliphatic carbocycles. The summed E-state index contributed by atoms with van der Waals surface area (Å²) in [6.07, 6.45) is 0. The van der Waals surface area contributed by atoms with Crippen LogP contribution in [-0.4, -0.2) is 10.8 Å². The molecule has 0 unspecified atom stereocenters. The fraction of sp³-hybridized carbons (Fsp3) is 0.200. The maximum absolute atomic E-state index is 11.8. The number of carbonyl (C=O) groups excluding carboxylic acids is 1. The number of ketones is 1. The first-order valence-corrected chi connectivity index (χ1v) is 5.94. The zero-order valence-electron chi connectivity index (χ0n) is 7.90. The van der Waals surface area contributed by atoms with Crippen LogP contribution in [0.15, 0.2) is 16.8 Å². The van der Waals surface area contributed by atoms with Gasteiger partial charge >= 0.3 is 0 Å². The van der Waals surface area contributed by atoms with Crippen molar-refractivity contribution in [1.82, 2.24) is 4.98 Å². The number of hydrogen-bond acceptors (Lipinski definition) is 4. The van der Waals surface area contributed by atoms with Gasteiger partial charge < -0.3 is 0 Å². The molecule has 72 valence electrons. The zero-order chi connectivity index (χ0) is 10.1. The second-order valence-electron chi connectivity index (χ2n) is 3.03. The van der Waals surface area contributed by atoms with E-state index in [-0.39, 0.29) is 5.78 Å². The average Bonchev–Trinajstić information content (AvgIpc) is 2.73. The van der Waals surface area contributed by atoms with Crippen LogP contribution in [0, 0.1) is 13.8 Å². The van der Waals surface area contributed by atoms with Crippen LogP contribution >= 0.6 is 22.7 Å². The van der Waals surface area contributed by atoms with Crippen LogP contribution < -0.4 is 0 Å². The van der Waals surface area contributed by atoms with Gasteiger partial charge in [0.05, 0.1) is 5.01 Å². The minimum absolute atomic E-state index is 0.0266. The predicted octanol–water partition coefficient (Wildman–Crippen LogP) is 3.05. The van der Waals surface area contributed by atoms with Gasteiger partial charge in [-0.25, -0.2) is 4.98 Å². The lowest BCUT2D eigenvalue weighted by molar-refractivity contribution is 0.103. The van der Waals surface area contributed by atoms with Crippen molar-refractivity contribution in [2.75, 3.05) is 0 Å². The summed E-state index contributed by atoms with van der Waals surface area (Å²) in [5.74, 6) is 0.0266. The number of thiophene rings is 1. The van der Waals surface area contributed by atoms with Gasteiger partial charge in [0.25, 0.3) is 0 Å². The Labute approximate surface area is 90.2 Å². The van der Waals surface area contributed by atoms with Crippen LogP contribution in [0.1, 0.15) is 25.9 Å². The molecule has 0 amide bonds. The summed E-state index contributed by atoms with van der Waals surface area (Å²) in [5.41, 5.74) is 1.31. The Balaban J connectivity index is 2.33. The quantitative estimate of drug-likeness (QED) is 0.732. The Morgan fingerprint density at radius 1 is 1.29 bits per heavy atom. The van der Waals surface area contributed by atoms with Gasteiger partial charge in [-0.15, -0.1) is 22.7 Å². The van der Waals surface area contributed by atoms with Crippen molar-refractivity contribution >= 4 is 28.5 Å². The van der Waals surface area contributed by atoms with E-state index in [1.165, 1.54) is 11.3 Å². The van der Waals surface area contributed by atoms with Crippen molar-refractivity contribution in [1.29, 1.82) is 0 Å². The van der Waals surface area contributed by atoms with Gasteiger partial charge in [0.1, 0.15) is 5.69 Å². The van der Waals surface area contributed by atoms with Crippen molar-refractivity contribution < 1.29 is 4.79 Å². The van der Waals surface area contributed by atoms with E-state index in [0.29, 0.717) is 5.69 Å². The predicted molar refractivity (Wildman–Crippen MR) is 59.3 cm³/mol. The van der Waals surface area contributed by atoms with E-state index in [1.54, 1.807) is 11.3 Å². The summed E-state index contributed by atoms with van der Waals surface area (Å²) in [6, 6.07) is 1.90. The smallest absolute Gasteiger partial charge is 0.213 e. The molecule has 0 saturated carbocycles. The Morgan fingerprint density at radius 3 is 2.57 bits per heavy atom. The third-order valence-electron chi connectivity index (χ3n) is 1.84. The van der Waals surface area contributed by atoms with Crippen LogP contribution in [0.4, 0.5) is 0 Å². The fourth-order valence-electron chi connectivity index (χ4n) is 1.18. The van der Waals surface area contributed by atoms with Crippen molar-refractivity contribution in [3.05, 3.63) is 38.0 Å². The molecule has 0 aromatic carbocycles. The highest BCUT2D eigenvalue weighted by Crippen LogP contribution is 2.18. The molecule has 0 radical (unpaired) electrons. The third kappa shape index (κ3) is 1.76. The molecule has 0 fully saturated rings. The van der Waals surface area contributed by atoms with Crippen LogP contribution in [0.25, 0.3) is 0 Å². The zero-order valence-corrected chi connectivity index (χ0v) is 9.54. The largest absolute Gasteiger partial charge is 0.287 e. The Hall–Kier alpha value is -1.00. The summed E-state index contributed by atoms with van der Waals surface area (Å²) >= 11 is 3.09. The lowest BCUT2D eigenvalue weighted by atomic mass is 10.2. The van der Waals surface area contributed by atoms with Crippen molar-refractivity contribution in [3.63, 3.8) is 0 Å². The maximum Gasteiger partial charge on any atom is 0.213 e.